The maximum atomic E-state index is 10.8. The Hall–Kier alpha value is -0.790. The van der Waals surface area contributed by atoms with E-state index < -0.39 is 5.97 Å². The number of aliphatic carboxylic acids is 1. The molecule has 0 rings (SSSR count). The minimum atomic E-state index is -0.686. The molecule has 0 aliphatic carbocycles. The van der Waals surface area contributed by atoms with E-state index in [9.17, 15) is 4.79 Å². The summed E-state index contributed by atoms with van der Waals surface area (Å²) in [5.74, 6) is -0.0719. The fourth-order valence-corrected chi connectivity index (χ4v) is 1.27. The monoisotopic (exact) mass is 198 g/mol. The Morgan fingerprint density at radius 1 is 1.14 bits per heavy atom. The highest BCUT2D eigenvalue weighted by Crippen LogP contribution is 2.16. The molecule has 14 heavy (non-hydrogen) atoms. The van der Waals surface area contributed by atoms with Gasteiger partial charge in [-0.2, -0.15) is 0 Å². The summed E-state index contributed by atoms with van der Waals surface area (Å²) in [6.45, 7) is 8.22. The molecule has 0 saturated heterocycles. The minimum Gasteiger partial charge on any atom is -0.481 e. The van der Waals surface area contributed by atoms with Gasteiger partial charge in [-0.15, -0.1) is 0 Å². The van der Waals surface area contributed by atoms with Crippen LogP contribution in [0.4, 0.5) is 0 Å². The smallest absolute Gasteiger partial charge is 0.307 e. The molecule has 0 spiro atoms. The second kappa shape index (κ2) is 6.63. The van der Waals surface area contributed by atoms with Crippen LogP contribution in [0.25, 0.3) is 0 Å². The van der Waals surface area contributed by atoms with E-state index in [1.807, 2.05) is 19.9 Å². The van der Waals surface area contributed by atoms with E-state index >= 15 is 0 Å². The van der Waals surface area contributed by atoms with E-state index in [1.165, 1.54) is 0 Å². The molecule has 0 amide bonds. The molecular formula is C12H22O2. The summed E-state index contributed by atoms with van der Waals surface area (Å²) in [5.41, 5.74) is 0. The third kappa shape index (κ3) is 5.79. The summed E-state index contributed by atoms with van der Waals surface area (Å²) in [4.78, 5) is 10.8. The third-order valence-electron chi connectivity index (χ3n) is 2.29. The summed E-state index contributed by atoms with van der Waals surface area (Å²) in [6, 6.07) is 0. The van der Waals surface area contributed by atoms with E-state index in [-0.39, 0.29) is 11.8 Å². The van der Waals surface area contributed by atoms with Gasteiger partial charge in [0.25, 0.3) is 0 Å². The topological polar surface area (TPSA) is 37.3 Å². The predicted octanol–water partition coefficient (Wildman–Crippen LogP) is 3.34. The highest BCUT2D eigenvalue weighted by molar-refractivity contribution is 5.70. The van der Waals surface area contributed by atoms with Crippen molar-refractivity contribution in [2.24, 2.45) is 17.8 Å². The van der Waals surface area contributed by atoms with Crippen molar-refractivity contribution >= 4 is 5.97 Å². The zero-order valence-electron chi connectivity index (χ0n) is 9.66. The minimum absolute atomic E-state index is 0.205. The van der Waals surface area contributed by atoms with Crippen LogP contribution < -0.4 is 0 Å². The maximum Gasteiger partial charge on any atom is 0.307 e. The maximum absolute atomic E-state index is 10.8. The van der Waals surface area contributed by atoms with Gasteiger partial charge in [0.15, 0.2) is 0 Å². The fraction of sp³-hybridized carbons (Fsp3) is 0.750. The lowest BCUT2D eigenvalue weighted by atomic mass is 9.92. The molecule has 0 radical (unpaired) electrons. The SMILES string of the molecule is CC(C)CC=CC[C@H](C(=O)O)C(C)C. The average molecular weight is 198 g/mol. The van der Waals surface area contributed by atoms with Crippen LogP contribution in [0.5, 0.6) is 0 Å². The molecule has 0 unspecified atom stereocenters. The molecule has 0 fully saturated rings. The van der Waals surface area contributed by atoms with Crippen molar-refractivity contribution in [1.82, 2.24) is 0 Å². The predicted molar refractivity (Wildman–Crippen MR) is 59.2 cm³/mol. The molecule has 2 nitrogen and oxygen atoms in total. The van der Waals surface area contributed by atoms with E-state index in [0.717, 1.165) is 6.42 Å². The van der Waals surface area contributed by atoms with Crippen LogP contribution in [0.1, 0.15) is 40.5 Å². The van der Waals surface area contributed by atoms with Gasteiger partial charge >= 0.3 is 5.97 Å². The second-order valence-corrected chi connectivity index (χ2v) is 4.53. The van der Waals surface area contributed by atoms with Crippen LogP contribution in [0.3, 0.4) is 0 Å². The Morgan fingerprint density at radius 2 is 1.64 bits per heavy atom. The molecule has 1 N–H and O–H groups in total. The van der Waals surface area contributed by atoms with Crippen molar-refractivity contribution in [2.75, 3.05) is 0 Å². The number of hydrogen-bond donors (Lipinski definition) is 1. The van der Waals surface area contributed by atoms with Crippen LogP contribution in [-0.2, 0) is 4.79 Å². The molecule has 0 heterocycles. The van der Waals surface area contributed by atoms with Gasteiger partial charge in [0.2, 0.25) is 0 Å². The van der Waals surface area contributed by atoms with Gasteiger partial charge < -0.3 is 5.11 Å². The summed E-state index contributed by atoms with van der Waals surface area (Å²) >= 11 is 0. The van der Waals surface area contributed by atoms with Crippen molar-refractivity contribution in [3.05, 3.63) is 12.2 Å². The molecule has 0 aromatic carbocycles. The first-order valence-corrected chi connectivity index (χ1v) is 5.33. The van der Waals surface area contributed by atoms with Crippen molar-refractivity contribution in [3.8, 4) is 0 Å². The molecule has 0 aromatic rings. The van der Waals surface area contributed by atoms with Crippen LogP contribution >= 0.6 is 0 Å². The highest BCUT2D eigenvalue weighted by atomic mass is 16.4. The van der Waals surface area contributed by atoms with Gasteiger partial charge in [-0.25, -0.2) is 0 Å². The van der Waals surface area contributed by atoms with E-state index in [1.54, 1.807) is 0 Å². The lowest BCUT2D eigenvalue weighted by Gasteiger charge is -2.13. The Bertz CT molecular complexity index is 192. The summed E-state index contributed by atoms with van der Waals surface area (Å²) in [5, 5.41) is 8.92. The molecule has 0 aliphatic rings. The van der Waals surface area contributed by atoms with E-state index in [2.05, 4.69) is 19.9 Å². The van der Waals surface area contributed by atoms with Gasteiger partial charge in [-0.3, -0.25) is 4.79 Å². The summed E-state index contributed by atoms with van der Waals surface area (Å²) in [7, 11) is 0. The fourth-order valence-electron chi connectivity index (χ4n) is 1.27. The molecule has 2 heteroatoms. The quantitative estimate of drug-likeness (QED) is 0.665. The van der Waals surface area contributed by atoms with E-state index in [0.29, 0.717) is 12.3 Å². The Labute approximate surface area is 87.0 Å². The lowest BCUT2D eigenvalue weighted by Crippen LogP contribution is -2.18. The molecular weight excluding hydrogens is 176 g/mol. The zero-order valence-corrected chi connectivity index (χ0v) is 9.66. The molecule has 82 valence electrons. The first-order valence-electron chi connectivity index (χ1n) is 5.33. The molecule has 1 atom stereocenters. The van der Waals surface area contributed by atoms with Crippen LogP contribution in [0, 0.1) is 17.8 Å². The first kappa shape index (κ1) is 13.2. The largest absolute Gasteiger partial charge is 0.481 e. The Balaban J connectivity index is 3.94. The number of hydrogen-bond acceptors (Lipinski definition) is 1. The van der Waals surface area contributed by atoms with Crippen LogP contribution in [0.2, 0.25) is 0 Å². The zero-order chi connectivity index (χ0) is 11.1. The standard InChI is InChI=1S/C12H22O2/c1-9(2)7-5-6-8-11(10(3)4)12(13)14/h5-6,9-11H,7-8H2,1-4H3,(H,13,14)/t11-/m0/s1. The normalized spacial score (nSPS) is 14.1. The molecule has 0 saturated carbocycles. The van der Waals surface area contributed by atoms with Crippen molar-refractivity contribution in [1.29, 1.82) is 0 Å². The van der Waals surface area contributed by atoms with Crippen molar-refractivity contribution < 1.29 is 9.90 Å². The summed E-state index contributed by atoms with van der Waals surface area (Å²) in [6.07, 6.45) is 5.77. The highest BCUT2D eigenvalue weighted by Gasteiger charge is 2.19. The van der Waals surface area contributed by atoms with Crippen molar-refractivity contribution in [2.45, 2.75) is 40.5 Å². The first-order chi connectivity index (χ1) is 6.45. The van der Waals surface area contributed by atoms with Crippen LogP contribution in [0.15, 0.2) is 12.2 Å². The van der Waals surface area contributed by atoms with Gasteiger partial charge in [-0.1, -0.05) is 39.8 Å². The number of carbonyl (C=O) groups is 1. The molecule has 0 aromatic heterocycles. The van der Waals surface area contributed by atoms with Crippen molar-refractivity contribution in [3.63, 3.8) is 0 Å². The van der Waals surface area contributed by atoms with Crippen LogP contribution in [-0.4, -0.2) is 11.1 Å². The van der Waals surface area contributed by atoms with Gasteiger partial charge in [0, 0.05) is 0 Å². The lowest BCUT2D eigenvalue weighted by molar-refractivity contribution is -0.143. The number of carboxylic acids is 1. The van der Waals surface area contributed by atoms with Gasteiger partial charge in [0.05, 0.1) is 5.92 Å². The Morgan fingerprint density at radius 3 is 2.00 bits per heavy atom. The summed E-state index contributed by atoms with van der Waals surface area (Å²) < 4.78 is 0. The third-order valence-corrected chi connectivity index (χ3v) is 2.29. The number of carboxylic acid groups (broad SMARTS) is 1. The second-order valence-electron chi connectivity index (χ2n) is 4.53. The van der Waals surface area contributed by atoms with E-state index in [4.69, 9.17) is 5.11 Å². The number of rotatable bonds is 6. The number of allylic oxidation sites excluding steroid dienone is 2. The van der Waals surface area contributed by atoms with Gasteiger partial charge in [-0.05, 0) is 24.7 Å². The molecule has 0 bridgehead atoms. The van der Waals surface area contributed by atoms with Gasteiger partial charge in [0.1, 0.15) is 0 Å². The molecule has 0 aliphatic heterocycles. The Kier molecular flexibility index (Phi) is 6.26. The average Bonchev–Trinajstić information content (AvgIpc) is 2.01.